The van der Waals surface area contributed by atoms with Crippen LogP contribution in [-0.2, 0) is 0 Å². The molecule has 0 aliphatic carbocycles. The molecule has 0 spiro atoms. The van der Waals surface area contributed by atoms with Gasteiger partial charge in [0.05, 0.1) is 0 Å². The zero-order valence-corrected chi connectivity index (χ0v) is 16.1. The third-order valence-corrected chi connectivity index (χ3v) is 4.88. The highest BCUT2D eigenvalue weighted by atomic mass is 35.5. The highest BCUT2D eigenvalue weighted by molar-refractivity contribution is 6.35. The molecule has 5 aromatic carbocycles. The number of para-hydroxylation sites is 1. The van der Waals surface area contributed by atoms with Crippen molar-refractivity contribution in [2.45, 2.75) is 0 Å². The second kappa shape index (κ2) is 8.60. The van der Waals surface area contributed by atoms with E-state index < -0.39 is 0 Å². The molecule has 0 aliphatic rings. The van der Waals surface area contributed by atoms with E-state index in [1.165, 1.54) is 10.8 Å². The zero-order valence-electron chi connectivity index (χ0n) is 15.3. The maximum atomic E-state index is 6.15. The first-order valence-corrected chi connectivity index (χ1v) is 9.61. The third-order valence-electron chi connectivity index (χ3n) is 4.55. The van der Waals surface area contributed by atoms with E-state index in [9.17, 15) is 0 Å². The van der Waals surface area contributed by atoms with E-state index in [0.717, 1.165) is 27.2 Å². The van der Waals surface area contributed by atoms with Gasteiger partial charge in [-0.05, 0) is 46.5 Å². The second-order valence-electron chi connectivity index (χ2n) is 6.51. The fraction of sp³-hybridized carbons (Fsp3) is 0. The Labute approximate surface area is 170 Å². The predicted octanol–water partition coefficient (Wildman–Crippen LogP) is 8.08. The summed E-state index contributed by atoms with van der Waals surface area (Å²) >= 11 is 6.15. The van der Waals surface area contributed by atoms with Crippen LogP contribution in [0.1, 0.15) is 0 Å². The average Bonchev–Trinajstić information content (AvgIpc) is 2.75. The lowest BCUT2D eigenvalue weighted by Crippen LogP contribution is -1.89. The number of hydrogen-bond acceptors (Lipinski definition) is 1. The number of anilines is 2. The molecule has 28 heavy (non-hydrogen) atoms. The van der Waals surface area contributed by atoms with E-state index in [4.69, 9.17) is 11.6 Å². The maximum Gasteiger partial charge on any atom is 0.0484 e. The number of rotatable bonds is 2. The maximum absolute atomic E-state index is 6.15. The van der Waals surface area contributed by atoms with Crippen molar-refractivity contribution >= 4 is 44.5 Å². The summed E-state index contributed by atoms with van der Waals surface area (Å²) in [4.78, 5) is 0. The fourth-order valence-electron chi connectivity index (χ4n) is 3.14. The summed E-state index contributed by atoms with van der Waals surface area (Å²) in [6, 6.07) is 39.0. The normalized spacial score (nSPS) is 10.3. The molecule has 2 heteroatoms. The Kier molecular flexibility index (Phi) is 5.56. The Morgan fingerprint density at radius 3 is 1.68 bits per heavy atom. The first-order valence-electron chi connectivity index (χ1n) is 9.24. The highest BCUT2D eigenvalue weighted by Crippen LogP contribution is 2.27. The minimum atomic E-state index is 0.791. The summed E-state index contributed by atoms with van der Waals surface area (Å²) in [5.74, 6) is 0. The van der Waals surface area contributed by atoms with Gasteiger partial charge in [0.15, 0.2) is 0 Å². The number of nitrogens with one attached hydrogen (secondary N) is 1. The number of halogens is 1. The van der Waals surface area contributed by atoms with Gasteiger partial charge in [-0.2, -0.15) is 0 Å². The molecule has 0 saturated heterocycles. The molecule has 0 amide bonds. The Morgan fingerprint density at radius 2 is 1.04 bits per heavy atom. The molecular formula is C26H20ClN. The van der Waals surface area contributed by atoms with E-state index in [-0.39, 0.29) is 0 Å². The van der Waals surface area contributed by atoms with Crippen LogP contribution in [0.3, 0.4) is 0 Å². The molecule has 136 valence electrons. The molecule has 0 radical (unpaired) electrons. The van der Waals surface area contributed by atoms with Crippen LogP contribution in [-0.4, -0.2) is 0 Å². The molecule has 0 atom stereocenters. The quantitative estimate of drug-likeness (QED) is 0.326. The van der Waals surface area contributed by atoms with Crippen LogP contribution in [0.2, 0.25) is 5.02 Å². The standard InChI is InChI=1S/C16H12ClN.C10H8/c17-16-8-4-5-12-11-14(9-10-15(12)16)18-13-6-2-1-3-7-13;1-2-6-10-8-4-3-7-9(10)5-1/h1-11,18H;1-8H. The van der Waals surface area contributed by atoms with Crippen LogP contribution in [0, 0.1) is 0 Å². The fourth-order valence-corrected chi connectivity index (χ4v) is 3.39. The SMILES string of the molecule is Clc1cccc2cc(Nc3ccccc3)ccc12.c1ccc2ccccc2c1. The summed E-state index contributed by atoms with van der Waals surface area (Å²) < 4.78 is 0. The van der Waals surface area contributed by atoms with E-state index in [1.807, 2.05) is 54.6 Å². The largest absolute Gasteiger partial charge is 0.356 e. The van der Waals surface area contributed by atoms with Crippen LogP contribution >= 0.6 is 11.6 Å². The van der Waals surface area contributed by atoms with E-state index in [2.05, 4.69) is 66.0 Å². The number of benzene rings is 5. The van der Waals surface area contributed by atoms with Gasteiger partial charge in [0.25, 0.3) is 0 Å². The molecular weight excluding hydrogens is 362 g/mol. The lowest BCUT2D eigenvalue weighted by molar-refractivity contribution is 1.57. The first-order chi connectivity index (χ1) is 13.8. The van der Waals surface area contributed by atoms with Crippen molar-refractivity contribution in [2.75, 3.05) is 5.32 Å². The summed E-state index contributed by atoms with van der Waals surface area (Å²) in [7, 11) is 0. The first kappa shape index (κ1) is 18.1. The van der Waals surface area contributed by atoms with Gasteiger partial charge in [0.1, 0.15) is 0 Å². The number of hydrogen-bond donors (Lipinski definition) is 1. The predicted molar refractivity (Wildman–Crippen MR) is 123 cm³/mol. The minimum Gasteiger partial charge on any atom is -0.356 e. The molecule has 1 N–H and O–H groups in total. The van der Waals surface area contributed by atoms with Crippen molar-refractivity contribution in [1.82, 2.24) is 0 Å². The Balaban J connectivity index is 0.000000162. The molecule has 5 aromatic rings. The van der Waals surface area contributed by atoms with Crippen molar-refractivity contribution in [3.63, 3.8) is 0 Å². The summed E-state index contributed by atoms with van der Waals surface area (Å²) in [6.45, 7) is 0. The lowest BCUT2D eigenvalue weighted by atomic mass is 10.1. The van der Waals surface area contributed by atoms with Gasteiger partial charge in [-0.15, -0.1) is 0 Å². The molecule has 0 saturated carbocycles. The highest BCUT2D eigenvalue weighted by Gasteiger charge is 2.00. The van der Waals surface area contributed by atoms with Gasteiger partial charge in [0, 0.05) is 21.8 Å². The van der Waals surface area contributed by atoms with Crippen LogP contribution in [0.25, 0.3) is 21.5 Å². The van der Waals surface area contributed by atoms with E-state index >= 15 is 0 Å². The van der Waals surface area contributed by atoms with Crippen molar-refractivity contribution in [3.05, 3.63) is 120 Å². The van der Waals surface area contributed by atoms with Crippen molar-refractivity contribution in [3.8, 4) is 0 Å². The summed E-state index contributed by atoms with van der Waals surface area (Å²) in [6.07, 6.45) is 0. The van der Waals surface area contributed by atoms with Crippen molar-refractivity contribution < 1.29 is 0 Å². The third kappa shape index (κ3) is 4.33. The van der Waals surface area contributed by atoms with Crippen LogP contribution < -0.4 is 5.32 Å². The van der Waals surface area contributed by atoms with E-state index in [1.54, 1.807) is 0 Å². The van der Waals surface area contributed by atoms with Crippen LogP contribution in [0.4, 0.5) is 11.4 Å². The van der Waals surface area contributed by atoms with E-state index in [0.29, 0.717) is 0 Å². The minimum absolute atomic E-state index is 0.791. The summed E-state index contributed by atoms with van der Waals surface area (Å²) in [5.41, 5.74) is 2.15. The van der Waals surface area contributed by atoms with Crippen LogP contribution in [0.5, 0.6) is 0 Å². The molecule has 0 heterocycles. The monoisotopic (exact) mass is 381 g/mol. The molecule has 1 nitrogen and oxygen atoms in total. The zero-order chi connectivity index (χ0) is 19.2. The van der Waals surface area contributed by atoms with Gasteiger partial charge in [0.2, 0.25) is 0 Å². The second-order valence-corrected chi connectivity index (χ2v) is 6.92. The molecule has 0 unspecified atom stereocenters. The van der Waals surface area contributed by atoms with Gasteiger partial charge >= 0.3 is 0 Å². The van der Waals surface area contributed by atoms with Gasteiger partial charge in [-0.25, -0.2) is 0 Å². The Bertz CT molecular complexity index is 1130. The van der Waals surface area contributed by atoms with Gasteiger partial charge in [-0.1, -0.05) is 96.5 Å². The lowest BCUT2D eigenvalue weighted by Gasteiger charge is -2.08. The average molecular weight is 382 g/mol. The Morgan fingerprint density at radius 1 is 0.464 bits per heavy atom. The van der Waals surface area contributed by atoms with Gasteiger partial charge in [-0.3, -0.25) is 0 Å². The molecule has 0 fully saturated rings. The van der Waals surface area contributed by atoms with Crippen molar-refractivity contribution in [1.29, 1.82) is 0 Å². The van der Waals surface area contributed by atoms with Gasteiger partial charge < -0.3 is 5.32 Å². The smallest absolute Gasteiger partial charge is 0.0484 e. The molecule has 0 bridgehead atoms. The molecule has 0 aliphatic heterocycles. The number of fused-ring (bicyclic) bond motifs is 2. The topological polar surface area (TPSA) is 12.0 Å². The summed E-state index contributed by atoms with van der Waals surface area (Å²) in [5, 5.41) is 9.01. The van der Waals surface area contributed by atoms with Crippen molar-refractivity contribution in [2.24, 2.45) is 0 Å². The Hall–Kier alpha value is -3.29. The molecule has 0 aromatic heterocycles. The van der Waals surface area contributed by atoms with Crippen LogP contribution in [0.15, 0.2) is 115 Å². The molecule has 5 rings (SSSR count).